The van der Waals surface area contributed by atoms with Gasteiger partial charge in [-0.15, -0.1) is 0 Å². The van der Waals surface area contributed by atoms with Crippen molar-refractivity contribution in [2.75, 3.05) is 0 Å². The highest BCUT2D eigenvalue weighted by atomic mass is 16.5. The molecule has 4 fully saturated rings. The van der Waals surface area contributed by atoms with E-state index in [1.165, 1.54) is 44.9 Å². The van der Waals surface area contributed by atoms with Gasteiger partial charge in [0.2, 0.25) is 0 Å². The lowest BCUT2D eigenvalue weighted by atomic mass is 9.52. The van der Waals surface area contributed by atoms with E-state index in [9.17, 15) is 10.2 Å². The average Bonchev–Trinajstić information content (AvgIpc) is 2.94. The summed E-state index contributed by atoms with van der Waals surface area (Å²) in [6, 6.07) is -0.00805. The number of aliphatic hydroxyl groups is 2. The number of rotatable bonds is 1. The summed E-state index contributed by atoms with van der Waals surface area (Å²) < 4.78 is 0. The molecule has 0 aliphatic heterocycles. The summed E-state index contributed by atoms with van der Waals surface area (Å²) in [5.74, 6) is 5.30. The lowest BCUT2D eigenvalue weighted by molar-refractivity contribution is -0.125. The number of fused-ring (bicyclic) bond motifs is 5. The van der Waals surface area contributed by atoms with E-state index in [-0.39, 0.29) is 12.0 Å². The van der Waals surface area contributed by atoms with Gasteiger partial charge in [-0.1, -0.05) is 12.8 Å². The molecule has 4 N–H and O–H groups in total. The Bertz CT molecular complexity index is 385. The Kier molecular flexibility index (Phi) is 3.79. The van der Waals surface area contributed by atoms with Crippen LogP contribution >= 0.6 is 0 Å². The standard InChI is InChI=1S/C18H31NO2/c19-17-9-15-11(8-16(17)18(20)21)5-7-13-12-3-1-2-10(12)4-6-14(13)15/h10-18,20-21H,1-9,19H2/t10-,11?,12+,13-,14-,15-,16?,17?/m0/s1. The highest BCUT2D eigenvalue weighted by Crippen LogP contribution is 2.58. The molecule has 21 heavy (non-hydrogen) atoms. The summed E-state index contributed by atoms with van der Waals surface area (Å²) in [5, 5.41) is 19.1. The second-order valence-corrected chi connectivity index (χ2v) is 8.47. The minimum Gasteiger partial charge on any atom is -0.368 e. The Hall–Kier alpha value is -0.120. The lowest BCUT2D eigenvalue weighted by Crippen LogP contribution is -2.52. The smallest absolute Gasteiger partial charge is 0.155 e. The Morgan fingerprint density at radius 1 is 0.714 bits per heavy atom. The third-order valence-electron chi connectivity index (χ3n) is 7.77. The SMILES string of the molecule is NC1C[C@H]2C(CC[C@H]3[C@@H]4CCC[C@H]4CC[C@@H]32)CC1C(O)O. The Labute approximate surface area is 128 Å². The first-order valence-electron chi connectivity index (χ1n) is 9.27. The van der Waals surface area contributed by atoms with Crippen molar-refractivity contribution in [3.8, 4) is 0 Å². The lowest BCUT2D eigenvalue weighted by Gasteiger charge is -2.54. The molecule has 0 amide bonds. The van der Waals surface area contributed by atoms with E-state index in [1.54, 1.807) is 0 Å². The van der Waals surface area contributed by atoms with Gasteiger partial charge in [-0.05, 0) is 80.5 Å². The maximum atomic E-state index is 9.57. The number of hydrogen-bond acceptors (Lipinski definition) is 3. The highest BCUT2D eigenvalue weighted by Gasteiger charge is 2.51. The molecule has 120 valence electrons. The first kappa shape index (κ1) is 14.5. The van der Waals surface area contributed by atoms with Crippen molar-refractivity contribution in [2.45, 2.75) is 70.1 Å². The Balaban J connectivity index is 1.51. The molecule has 0 heterocycles. The zero-order valence-electron chi connectivity index (χ0n) is 13.0. The van der Waals surface area contributed by atoms with Crippen LogP contribution in [0.4, 0.5) is 0 Å². The summed E-state index contributed by atoms with van der Waals surface area (Å²) in [4.78, 5) is 0. The van der Waals surface area contributed by atoms with Gasteiger partial charge in [-0.25, -0.2) is 0 Å². The van der Waals surface area contributed by atoms with Crippen LogP contribution < -0.4 is 5.73 Å². The predicted molar refractivity (Wildman–Crippen MR) is 82.2 cm³/mol. The van der Waals surface area contributed by atoms with E-state index in [2.05, 4.69) is 0 Å². The van der Waals surface area contributed by atoms with Gasteiger partial charge in [-0.2, -0.15) is 0 Å². The third-order valence-corrected chi connectivity index (χ3v) is 7.77. The van der Waals surface area contributed by atoms with Gasteiger partial charge in [0.25, 0.3) is 0 Å². The Morgan fingerprint density at radius 2 is 1.43 bits per heavy atom. The van der Waals surface area contributed by atoms with Crippen LogP contribution in [0.25, 0.3) is 0 Å². The second-order valence-electron chi connectivity index (χ2n) is 8.47. The average molecular weight is 293 g/mol. The fourth-order valence-electron chi connectivity index (χ4n) is 6.87. The van der Waals surface area contributed by atoms with Crippen molar-refractivity contribution < 1.29 is 10.2 Å². The molecular weight excluding hydrogens is 262 g/mol. The first-order valence-corrected chi connectivity index (χ1v) is 9.27. The predicted octanol–water partition coefficient (Wildman–Crippen LogP) is 2.50. The van der Waals surface area contributed by atoms with E-state index < -0.39 is 6.29 Å². The molecule has 4 rings (SSSR count). The molecule has 0 aromatic rings. The summed E-state index contributed by atoms with van der Waals surface area (Å²) in [6.45, 7) is 0. The van der Waals surface area contributed by atoms with Crippen molar-refractivity contribution in [1.29, 1.82) is 0 Å². The van der Waals surface area contributed by atoms with E-state index in [0.29, 0.717) is 5.92 Å². The van der Waals surface area contributed by atoms with Crippen LogP contribution in [0.2, 0.25) is 0 Å². The zero-order valence-corrected chi connectivity index (χ0v) is 13.0. The fourth-order valence-corrected chi connectivity index (χ4v) is 6.87. The van der Waals surface area contributed by atoms with Gasteiger partial charge in [0.15, 0.2) is 6.29 Å². The Morgan fingerprint density at radius 3 is 2.19 bits per heavy atom. The molecule has 4 saturated carbocycles. The van der Waals surface area contributed by atoms with Crippen LogP contribution in [0.15, 0.2) is 0 Å². The molecule has 0 aromatic carbocycles. The molecule has 8 atom stereocenters. The van der Waals surface area contributed by atoms with Gasteiger partial charge in [0.05, 0.1) is 0 Å². The van der Waals surface area contributed by atoms with Crippen molar-refractivity contribution >= 4 is 0 Å². The van der Waals surface area contributed by atoms with Crippen LogP contribution in [0.5, 0.6) is 0 Å². The van der Waals surface area contributed by atoms with Crippen molar-refractivity contribution in [2.24, 2.45) is 47.2 Å². The molecule has 0 spiro atoms. The minimum atomic E-state index is -1.22. The molecule has 0 radical (unpaired) electrons. The molecule has 0 bridgehead atoms. The number of hydrogen-bond donors (Lipinski definition) is 3. The molecular formula is C18H31NO2. The zero-order chi connectivity index (χ0) is 14.6. The third kappa shape index (κ3) is 2.36. The first-order chi connectivity index (χ1) is 10.1. The summed E-state index contributed by atoms with van der Waals surface area (Å²) in [7, 11) is 0. The second kappa shape index (κ2) is 5.50. The van der Waals surface area contributed by atoms with Gasteiger partial charge < -0.3 is 15.9 Å². The molecule has 4 aliphatic carbocycles. The van der Waals surface area contributed by atoms with Gasteiger partial charge in [0, 0.05) is 12.0 Å². The van der Waals surface area contributed by atoms with Gasteiger partial charge in [0.1, 0.15) is 0 Å². The van der Waals surface area contributed by atoms with Gasteiger partial charge in [-0.3, -0.25) is 0 Å². The number of aliphatic hydroxyl groups excluding tert-OH is 1. The van der Waals surface area contributed by atoms with Crippen LogP contribution in [-0.2, 0) is 0 Å². The van der Waals surface area contributed by atoms with Crippen molar-refractivity contribution in [3.05, 3.63) is 0 Å². The van der Waals surface area contributed by atoms with E-state index in [0.717, 1.165) is 42.4 Å². The molecule has 0 aromatic heterocycles. The minimum absolute atomic E-state index is 0.00805. The van der Waals surface area contributed by atoms with Gasteiger partial charge >= 0.3 is 0 Å². The monoisotopic (exact) mass is 293 g/mol. The maximum absolute atomic E-state index is 9.57. The van der Waals surface area contributed by atoms with E-state index >= 15 is 0 Å². The van der Waals surface area contributed by atoms with Crippen molar-refractivity contribution in [1.82, 2.24) is 0 Å². The quantitative estimate of drug-likeness (QED) is 0.651. The molecule has 0 saturated heterocycles. The van der Waals surface area contributed by atoms with E-state index in [1.807, 2.05) is 0 Å². The molecule has 3 unspecified atom stereocenters. The molecule has 3 nitrogen and oxygen atoms in total. The normalized spacial score (nSPS) is 53.1. The van der Waals surface area contributed by atoms with Crippen LogP contribution in [-0.4, -0.2) is 22.5 Å². The van der Waals surface area contributed by atoms with Crippen LogP contribution in [0, 0.1) is 41.4 Å². The van der Waals surface area contributed by atoms with Crippen molar-refractivity contribution in [3.63, 3.8) is 0 Å². The maximum Gasteiger partial charge on any atom is 0.155 e. The summed E-state index contributed by atoms with van der Waals surface area (Å²) in [5.41, 5.74) is 6.30. The summed E-state index contributed by atoms with van der Waals surface area (Å²) in [6.07, 6.45) is 10.8. The highest BCUT2D eigenvalue weighted by molar-refractivity contribution is 5.01. The van der Waals surface area contributed by atoms with E-state index in [4.69, 9.17) is 5.73 Å². The summed E-state index contributed by atoms with van der Waals surface area (Å²) >= 11 is 0. The number of nitrogens with two attached hydrogens (primary N) is 1. The largest absolute Gasteiger partial charge is 0.368 e. The molecule has 3 heteroatoms. The van der Waals surface area contributed by atoms with Crippen LogP contribution in [0.3, 0.4) is 0 Å². The molecule has 4 aliphatic rings. The topological polar surface area (TPSA) is 66.5 Å². The van der Waals surface area contributed by atoms with Crippen LogP contribution in [0.1, 0.15) is 57.8 Å². The fraction of sp³-hybridized carbons (Fsp3) is 1.00.